The van der Waals surface area contributed by atoms with Crippen molar-refractivity contribution in [1.29, 1.82) is 0 Å². The van der Waals surface area contributed by atoms with E-state index in [1.807, 2.05) is 0 Å². The number of halogens is 3. The third-order valence-corrected chi connectivity index (χ3v) is 4.21. The van der Waals surface area contributed by atoms with Gasteiger partial charge in [0, 0.05) is 7.79 Å². The van der Waals surface area contributed by atoms with Gasteiger partial charge >= 0.3 is 6.18 Å². The van der Waals surface area contributed by atoms with Crippen LogP contribution < -0.4 is 9.86 Å². The molecule has 110 valence electrons. The van der Waals surface area contributed by atoms with Crippen LogP contribution in [-0.4, -0.2) is 14.3 Å². The molecule has 5 nitrogen and oxygen atoms in total. The first-order valence-corrected chi connectivity index (χ1v) is 7.57. The van der Waals surface area contributed by atoms with Gasteiger partial charge in [-0.1, -0.05) is 6.90 Å². The highest BCUT2D eigenvalue weighted by atomic mass is 32.2. The van der Waals surface area contributed by atoms with Crippen LogP contribution in [0.4, 0.5) is 18.9 Å². The molecule has 0 aromatic heterocycles. The Labute approximate surface area is 119 Å². The zero-order chi connectivity index (χ0) is 15.8. The van der Waals surface area contributed by atoms with Gasteiger partial charge in [-0.25, -0.2) is 18.5 Å². The molecule has 0 radical (unpaired) electrons. The summed E-state index contributed by atoms with van der Waals surface area (Å²) in [7, 11) is -4.26. The predicted molar refractivity (Wildman–Crippen MR) is 69.2 cm³/mol. The zero-order valence-corrected chi connectivity index (χ0v) is 11.5. The average Bonchev–Trinajstić information content (AvgIpc) is 2.35. The lowest BCUT2D eigenvalue weighted by Crippen LogP contribution is -2.20. The molecule has 0 bridgehead atoms. The number of sulfonamides is 1. The van der Waals surface area contributed by atoms with Crippen LogP contribution in [0.15, 0.2) is 26.9 Å². The summed E-state index contributed by atoms with van der Waals surface area (Å²) in [6, 6.07) is 1.51. The molecular formula is C10H10F3N3O2S2. The second-order valence-corrected chi connectivity index (χ2v) is 6.28. The highest BCUT2D eigenvalue weighted by Crippen LogP contribution is 2.44. The smallest absolute Gasteiger partial charge is 0.314 e. The normalized spacial score (nSPS) is 16.0. The maximum Gasteiger partial charge on any atom is 0.418 e. The summed E-state index contributed by atoms with van der Waals surface area (Å²) in [6.45, 7) is -0.0294. The standard InChI is InChI=1S/C10H10F3N3O2S2/c1-2-8-15-9-6(10(11,12)13)3-5(20(14,17)18)4-7(9)19-16-8/h3-4H,2H2,1H3,(H,15,16)(H2,14,17,18)/i1D. The highest BCUT2D eigenvalue weighted by molar-refractivity contribution is 7.98. The lowest BCUT2D eigenvalue weighted by Gasteiger charge is -2.20. The predicted octanol–water partition coefficient (Wildman–Crippen LogP) is 2.40. The Balaban J connectivity index is 2.68. The number of aliphatic imine (C=N–C) groups is 1. The number of amidine groups is 1. The molecule has 0 unspecified atom stereocenters. The minimum Gasteiger partial charge on any atom is -0.314 e. The average molecular weight is 326 g/mol. The summed E-state index contributed by atoms with van der Waals surface area (Å²) < 4.78 is 71.6. The number of fused-ring (bicyclic) bond motifs is 1. The van der Waals surface area contributed by atoms with Crippen LogP contribution in [0.25, 0.3) is 0 Å². The summed E-state index contributed by atoms with van der Waals surface area (Å²) in [5, 5.41) is 4.89. The molecule has 20 heavy (non-hydrogen) atoms. The fourth-order valence-electron chi connectivity index (χ4n) is 1.53. The molecule has 0 saturated carbocycles. The van der Waals surface area contributed by atoms with E-state index in [1.54, 1.807) is 0 Å². The van der Waals surface area contributed by atoms with Gasteiger partial charge in [0.2, 0.25) is 10.0 Å². The largest absolute Gasteiger partial charge is 0.418 e. The minimum absolute atomic E-state index is 0.0163. The minimum atomic E-state index is -4.77. The number of hydrogen-bond donors (Lipinski definition) is 2. The van der Waals surface area contributed by atoms with Gasteiger partial charge in [-0.05, 0) is 24.1 Å². The lowest BCUT2D eigenvalue weighted by molar-refractivity contribution is -0.137. The van der Waals surface area contributed by atoms with Crippen LogP contribution in [0.3, 0.4) is 0 Å². The van der Waals surface area contributed by atoms with Crippen molar-refractivity contribution < 1.29 is 23.0 Å². The molecular weight excluding hydrogens is 315 g/mol. The van der Waals surface area contributed by atoms with Crippen molar-refractivity contribution in [3.05, 3.63) is 17.7 Å². The molecule has 0 aliphatic carbocycles. The highest BCUT2D eigenvalue weighted by Gasteiger charge is 2.37. The Kier molecular flexibility index (Phi) is 3.38. The van der Waals surface area contributed by atoms with Crippen LogP contribution in [0, 0.1) is 0 Å². The number of alkyl halides is 3. The summed E-state index contributed by atoms with van der Waals surface area (Å²) in [5.41, 5.74) is -1.53. The van der Waals surface area contributed by atoms with Crippen molar-refractivity contribution in [2.45, 2.75) is 29.3 Å². The number of hydrogen-bond acceptors (Lipinski definition) is 5. The van der Waals surface area contributed by atoms with E-state index in [1.165, 1.54) is 0 Å². The summed E-state index contributed by atoms with van der Waals surface area (Å²) >= 11 is 0.813. The van der Waals surface area contributed by atoms with Gasteiger partial charge in [0.25, 0.3) is 0 Å². The molecule has 3 N–H and O–H groups in total. The first-order valence-electron chi connectivity index (χ1n) is 5.91. The van der Waals surface area contributed by atoms with E-state index >= 15 is 0 Å². The first kappa shape index (κ1) is 13.7. The second kappa shape index (κ2) is 4.93. The SMILES string of the molecule is [2H]CCC1=Nc2c(cc(S(N)(=O)=O)cc2C(F)(F)F)SN1. The molecule has 0 fully saturated rings. The van der Waals surface area contributed by atoms with E-state index < -0.39 is 26.7 Å². The van der Waals surface area contributed by atoms with Crippen LogP contribution in [0.1, 0.15) is 20.3 Å². The van der Waals surface area contributed by atoms with Crippen molar-refractivity contribution in [3.8, 4) is 0 Å². The maximum atomic E-state index is 13.1. The summed E-state index contributed by atoms with van der Waals surface area (Å²) in [4.78, 5) is 3.23. The van der Waals surface area contributed by atoms with E-state index in [-0.39, 0.29) is 29.7 Å². The van der Waals surface area contributed by atoms with Gasteiger partial charge in [-0.15, -0.1) is 0 Å². The van der Waals surface area contributed by atoms with Crippen molar-refractivity contribution in [3.63, 3.8) is 0 Å². The van der Waals surface area contributed by atoms with E-state index in [9.17, 15) is 21.6 Å². The second-order valence-electron chi connectivity index (χ2n) is 3.87. The molecule has 1 aromatic carbocycles. The molecule has 0 atom stereocenters. The maximum absolute atomic E-state index is 13.1. The molecule has 2 rings (SSSR count). The van der Waals surface area contributed by atoms with Gasteiger partial charge in [-0.2, -0.15) is 13.2 Å². The van der Waals surface area contributed by atoms with Crippen molar-refractivity contribution in [2.75, 3.05) is 0 Å². The molecule has 0 spiro atoms. The monoisotopic (exact) mass is 326 g/mol. The van der Waals surface area contributed by atoms with Gasteiger partial charge in [0.1, 0.15) is 5.84 Å². The van der Waals surface area contributed by atoms with E-state index in [0.717, 1.165) is 18.0 Å². The van der Waals surface area contributed by atoms with Crippen LogP contribution in [0.2, 0.25) is 0 Å². The Morgan fingerprint density at radius 2 is 2.20 bits per heavy atom. The molecule has 1 heterocycles. The third-order valence-electron chi connectivity index (χ3n) is 2.44. The third kappa shape index (κ3) is 2.91. The van der Waals surface area contributed by atoms with Gasteiger partial charge < -0.3 is 4.72 Å². The molecule has 1 aliphatic heterocycles. The van der Waals surface area contributed by atoms with Gasteiger partial charge in [0.05, 0.1) is 21.0 Å². The van der Waals surface area contributed by atoms with Crippen LogP contribution in [-0.2, 0) is 16.2 Å². The molecule has 0 amide bonds. The number of primary sulfonamides is 1. The number of nitrogens with one attached hydrogen (secondary N) is 1. The van der Waals surface area contributed by atoms with Crippen LogP contribution in [0.5, 0.6) is 0 Å². The number of nitrogens with two attached hydrogens (primary N) is 1. The Bertz CT molecular complexity index is 704. The fourth-order valence-corrected chi connectivity index (χ4v) is 2.99. The fraction of sp³-hybridized carbons (Fsp3) is 0.300. The lowest BCUT2D eigenvalue weighted by atomic mass is 10.1. The van der Waals surface area contributed by atoms with Crippen molar-refractivity contribution in [1.82, 2.24) is 4.72 Å². The summed E-state index contributed by atoms with van der Waals surface area (Å²) in [6.07, 6.45) is -4.60. The van der Waals surface area contributed by atoms with Crippen LogP contribution >= 0.6 is 11.9 Å². The van der Waals surface area contributed by atoms with E-state index in [0.29, 0.717) is 6.07 Å². The number of benzene rings is 1. The molecule has 1 aliphatic rings. The Morgan fingerprint density at radius 3 is 2.75 bits per heavy atom. The molecule has 10 heteroatoms. The first-order chi connectivity index (χ1) is 9.63. The van der Waals surface area contributed by atoms with E-state index in [2.05, 4.69) is 9.71 Å². The quantitative estimate of drug-likeness (QED) is 0.817. The number of rotatable bonds is 2. The topological polar surface area (TPSA) is 84.5 Å². The van der Waals surface area contributed by atoms with Gasteiger partial charge in [-0.3, -0.25) is 0 Å². The Hall–Kier alpha value is -1.26. The van der Waals surface area contributed by atoms with E-state index in [4.69, 9.17) is 6.51 Å². The van der Waals surface area contributed by atoms with Crippen molar-refractivity contribution in [2.24, 2.45) is 10.1 Å². The summed E-state index contributed by atoms with van der Waals surface area (Å²) in [5.74, 6) is 0.233. The molecule has 1 aromatic rings. The zero-order valence-electron chi connectivity index (χ0n) is 10.9. The number of nitrogens with zero attached hydrogens (tertiary/aromatic N) is 1. The Morgan fingerprint density at radius 1 is 1.50 bits per heavy atom. The molecule has 0 saturated heterocycles. The van der Waals surface area contributed by atoms with Gasteiger partial charge in [0.15, 0.2) is 0 Å². The van der Waals surface area contributed by atoms with Crippen molar-refractivity contribution >= 4 is 33.5 Å².